The van der Waals surface area contributed by atoms with Gasteiger partial charge in [0.05, 0.1) is 12.2 Å². The van der Waals surface area contributed by atoms with E-state index in [1.165, 1.54) is 5.56 Å². The summed E-state index contributed by atoms with van der Waals surface area (Å²) in [4.78, 5) is 28.2. The fourth-order valence-corrected chi connectivity index (χ4v) is 5.40. The predicted molar refractivity (Wildman–Crippen MR) is 152 cm³/mol. The second-order valence-corrected chi connectivity index (χ2v) is 11.7. The van der Waals surface area contributed by atoms with E-state index in [1.807, 2.05) is 18.2 Å². The summed E-state index contributed by atoms with van der Waals surface area (Å²) in [5.74, 6) is 0.771. The first kappa shape index (κ1) is 28.7. The van der Waals surface area contributed by atoms with Gasteiger partial charge in [-0.15, -0.1) is 0 Å². The molecule has 6 heteroatoms. The van der Waals surface area contributed by atoms with Crippen LogP contribution >= 0.6 is 0 Å². The van der Waals surface area contributed by atoms with Gasteiger partial charge in [-0.05, 0) is 66.7 Å². The van der Waals surface area contributed by atoms with Crippen molar-refractivity contribution in [3.05, 3.63) is 59.7 Å². The number of benzene rings is 2. The van der Waals surface area contributed by atoms with E-state index in [1.54, 1.807) is 7.11 Å². The Morgan fingerprint density at radius 2 is 1.78 bits per heavy atom. The van der Waals surface area contributed by atoms with E-state index in [-0.39, 0.29) is 23.1 Å². The van der Waals surface area contributed by atoms with E-state index >= 15 is 0 Å². The lowest BCUT2D eigenvalue weighted by Crippen LogP contribution is -2.36. The highest BCUT2D eigenvalue weighted by Gasteiger charge is 2.24. The van der Waals surface area contributed by atoms with E-state index < -0.39 is 0 Å². The highest BCUT2D eigenvalue weighted by atomic mass is 16.5. The number of anilines is 2. The Balaban J connectivity index is 1.69. The van der Waals surface area contributed by atoms with Crippen molar-refractivity contribution < 1.29 is 14.3 Å². The molecule has 2 N–H and O–H groups in total. The average molecular weight is 508 g/mol. The topological polar surface area (TPSA) is 70.7 Å². The molecule has 202 valence electrons. The third kappa shape index (κ3) is 9.51. The van der Waals surface area contributed by atoms with Crippen LogP contribution < -0.4 is 15.5 Å². The van der Waals surface area contributed by atoms with Crippen LogP contribution in [0.15, 0.2) is 48.5 Å². The third-order valence-corrected chi connectivity index (χ3v) is 6.93. The lowest BCUT2D eigenvalue weighted by molar-refractivity contribution is -0.117. The molecule has 6 nitrogen and oxygen atoms in total. The van der Waals surface area contributed by atoms with E-state index in [4.69, 9.17) is 4.74 Å². The van der Waals surface area contributed by atoms with Crippen molar-refractivity contribution in [2.24, 2.45) is 17.3 Å². The van der Waals surface area contributed by atoms with Gasteiger partial charge in [-0.2, -0.15) is 0 Å². The summed E-state index contributed by atoms with van der Waals surface area (Å²) in [6, 6.07) is 16.4. The molecular formula is C31H45N3O3. The Morgan fingerprint density at radius 3 is 2.43 bits per heavy atom. The lowest BCUT2D eigenvalue weighted by Gasteiger charge is -2.35. The molecule has 0 radical (unpaired) electrons. The molecule has 2 aromatic rings. The molecule has 0 bridgehead atoms. The SMILES string of the molecule is COCCNC(=O)c1cc(NC(=O)CC(C)CC(C)(C)C)ccc1N1CCC(Cc2ccccc2)CC1. The Labute approximate surface area is 223 Å². The second kappa shape index (κ2) is 13.6. The summed E-state index contributed by atoms with van der Waals surface area (Å²) < 4.78 is 5.10. The summed E-state index contributed by atoms with van der Waals surface area (Å²) >= 11 is 0. The number of ether oxygens (including phenoxy) is 1. The maximum absolute atomic E-state index is 13.2. The van der Waals surface area contributed by atoms with Gasteiger partial charge in [0.25, 0.3) is 5.91 Å². The molecule has 1 fully saturated rings. The van der Waals surface area contributed by atoms with Crippen molar-refractivity contribution >= 4 is 23.2 Å². The standard InChI is InChI=1S/C31H45N3O3/c1-23(22-31(2,3)4)19-29(35)33-26-11-12-28(27(21-26)30(36)32-15-18-37-5)34-16-13-25(14-17-34)20-24-9-7-6-8-10-24/h6-12,21,23,25H,13-20,22H2,1-5H3,(H,32,36)(H,33,35). The maximum Gasteiger partial charge on any atom is 0.253 e. The highest BCUT2D eigenvalue weighted by Crippen LogP contribution is 2.31. The Hall–Kier alpha value is -2.86. The highest BCUT2D eigenvalue weighted by molar-refractivity contribution is 6.02. The van der Waals surface area contributed by atoms with Gasteiger partial charge >= 0.3 is 0 Å². The van der Waals surface area contributed by atoms with Gasteiger partial charge in [0, 0.05) is 44.5 Å². The summed E-state index contributed by atoms with van der Waals surface area (Å²) in [6.07, 6.45) is 4.71. The number of carbonyl (C=O) groups excluding carboxylic acids is 2. The summed E-state index contributed by atoms with van der Waals surface area (Å²) in [5, 5.41) is 5.98. The van der Waals surface area contributed by atoms with Crippen molar-refractivity contribution in [1.29, 1.82) is 0 Å². The molecule has 0 aromatic heterocycles. The number of hydrogen-bond acceptors (Lipinski definition) is 4. The molecule has 3 rings (SSSR count). The van der Waals surface area contributed by atoms with Gasteiger partial charge in [0.2, 0.25) is 5.91 Å². The number of nitrogens with one attached hydrogen (secondary N) is 2. The van der Waals surface area contributed by atoms with Crippen LogP contribution in [-0.4, -0.2) is 45.2 Å². The Kier molecular flexibility index (Phi) is 10.6. The molecule has 0 saturated carbocycles. The molecular weight excluding hydrogens is 462 g/mol. The van der Waals surface area contributed by atoms with Gasteiger partial charge in [-0.1, -0.05) is 58.0 Å². The fraction of sp³-hybridized carbons (Fsp3) is 0.548. The minimum absolute atomic E-state index is 0.0167. The first-order valence-electron chi connectivity index (χ1n) is 13.6. The van der Waals surface area contributed by atoms with Gasteiger partial charge < -0.3 is 20.3 Å². The number of carbonyl (C=O) groups is 2. The Bertz CT molecular complexity index is 1010. The fourth-order valence-electron chi connectivity index (χ4n) is 5.40. The minimum Gasteiger partial charge on any atom is -0.383 e. The predicted octanol–water partition coefficient (Wildman–Crippen LogP) is 5.92. The zero-order valence-electron chi connectivity index (χ0n) is 23.3. The smallest absolute Gasteiger partial charge is 0.253 e. The van der Waals surface area contributed by atoms with Crippen LogP contribution in [0.25, 0.3) is 0 Å². The van der Waals surface area contributed by atoms with Gasteiger partial charge in [-0.25, -0.2) is 0 Å². The molecule has 2 aromatic carbocycles. The zero-order valence-corrected chi connectivity index (χ0v) is 23.3. The van der Waals surface area contributed by atoms with Crippen LogP contribution in [0.4, 0.5) is 11.4 Å². The van der Waals surface area contributed by atoms with Gasteiger partial charge in [0.1, 0.15) is 0 Å². The normalized spacial score (nSPS) is 15.3. The molecule has 1 saturated heterocycles. The molecule has 2 amide bonds. The number of nitrogens with zero attached hydrogens (tertiary/aromatic N) is 1. The molecule has 1 atom stereocenters. The molecule has 1 unspecified atom stereocenters. The number of piperidine rings is 1. The molecule has 1 heterocycles. The summed E-state index contributed by atoms with van der Waals surface area (Å²) in [6.45, 7) is 11.4. The van der Waals surface area contributed by atoms with E-state index in [2.05, 4.69) is 73.6 Å². The first-order valence-corrected chi connectivity index (χ1v) is 13.6. The zero-order chi connectivity index (χ0) is 26.8. The van der Waals surface area contributed by atoms with Crippen molar-refractivity contribution in [2.45, 2.75) is 59.8 Å². The van der Waals surface area contributed by atoms with Crippen LogP contribution in [0.5, 0.6) is 0 Å². The second-order valence-electron chi connectivity index (χ2n) is 11.7. The number of rotatable bonds is 11. The van der Waals surface area contributed by atoms with Crippen molar-refractivity contribution in [1.82, 2.24) is 5.32 Å². The molecule has 0 aliphatic carbocycles. The quantitative estimate of drug-likeness (QED) is 0.370. The number of amides is 2. The molecule has 1 aliphatic rings. The van der Waals surface area contributed by atoms with E-state index in [9.17, 15) is 9.59 Å². The molecule has 0 spiro atoms. The number of methoxy groups -OCH3 is 1. The monoisotopic (exact) mass is 507 g/mol. The summed E-state index contributed by atoms with van der Waals surface area (Å²) in [5.41, 5.74) is 3.75. The van der Waals surface area contributed by atoms with Crippen molar-refractivity contribution in [3.8, 4) is 0 Å². The van der Waals surface area contributed by atoms with E-state index in [0.717, 1.165) is 44.5 Å². The van der Waals surface area contributed by atoms with Crippen molar-refractivity contribution in [3.63, 3.8) is 0 Å². The summed E-state index contributed by atoms with van der Waals surface area (Å²) in [7, 11) is 1.62. The van der Waals surface area contributed by atoms with Gasteiger partial charge in [-0.3, -0.25) is 9.59 Å². The van der Waals surface area contributed by atoms with Crippen LogP contribution in [0.2, 0.25) is 0 Å². The lowest BCUT2D eigenvalue weighted by atomic mass is 9.84. The van der Waals surface area contributed by atoms with E-state index in [0.29, 0.717) is 36.7 Å². The maximum atomic E-state index is 13.2. The largest absolute Gasteiger partial charge is 0.383 e. The van der Waals surface area contributed by atoms with Crippen LogP contribution in [-0.2, 0) is 16.0 Å². The first-order chi connectivity index (χ1) is 17.6. The van der Waals surface area contributed by atoms with Crippen LogP contribution in [0, 0.1) is 17.3 Å². The van der Waals surface area contributed by atoms with Crippen LogP contribution in [0.1, 0.15) is 69.3 Å². The van der Waals surface area contributed by atoms with Crippen LogP contribution in [0.3, 0.4) is 0 Å². The number of hydrogen-bond donors (Lipinski definition) is 2. The molecule has 37 heavy (non-hydrogen) atoms. The average Bonchev–Trinajstić information content (AvgIpc) is 2.84. The Morgan fingerprint density at radius 1 is 1.08 bits per heavy atom. The van der Waals surface area contributed by atoms with Crippen molar-refractivity contribution in [2.75, 3.05) is 43.6 Å². The third-order valence-electron chi connectivity index (χ3n) is 6.93. The van der Waals surface area contributed by atoms with Gasteiger partial charge in [0.15, 0.2) is 0 Å². The minimum atomic E-state index is -0.143. The molecule has 1 aliphatic heterocycles.